The molecule has 0 fully saturated rings. The van der Waals surface area contributed by atoms with Gasteiger partial charge in [-0.1, -0.05) is 343 Å². The average molecular weight is 1400 g/mol. The number of aliphatic hydroxyl groups excluding tert-OH is 1. The Morgan fingerprint density at radius 2 is 0.537 bits per heavy atom. The van der Waals surface area contributed by atoms with Gasteiger partial charge in [0.2, 0.25) is 0 Å². The van der Waals surface area contributed by atoms with Crippen LogP contribution in [0.1, 0.15) is 395 Å². The molecule has 0 aliphatic rings. The number of phosphoric ester groups is 2. The zero-order valence-corrected chi connectivity index (χ0v) is 63.8. The molecule has 564 valence electrons. The van der Waals surface area contributed by atoms with Crippen LogP contribution in [0.2, 0.25) is 0 Å². The fraction of sp³-hybridized carbons (Fsp3) is 0.947. The highest BCUT2D eigenvalue weighted by Gasteiger charge is 2.30. The number of aliphatic hydroxyl groups is 1. The van der Waals surface area contributed by atoms with Crippen LogP contribution in [0.25, 0.3) is 0 Å². The first-order valence-corrected chi connectivity index (χ1v) is 42.5. The van der Waals surface area contributed by atoms with Crippen LogP contribution in [-0.4, -0.2) is 96.7 Å². The van der Waals surface area contributed by atoms with E-state index in [1.54, 1.807) is 0 Å². The Hall–Kier alpha value is -1.94. The molecule has 0 spiro atoms. The van der Waals surface area contributed by atoms with Crippen molar-refractivity contribution in [2.45, 2.75) is 413 Å². The summed E-state index contributed by atoms with van der Waals surface area (Å²) in [5.74, 6) is -0.488. The predicted octanol–water partition coefficient (Wildman–Crippen LogP) is 22.3. The minimum absolute atomic E-state index is 0.107. The Kier molecular flexibility index (Phi) is 66.5. The lowest BCUT2D eigenvalue weighted by Crippen LogP contribution is -2.30. The van der Waals surface area contributed by atoms with Crippen molar-refractivity contribution in [3.05, 3.63) is 0 Å². The van der Waals surface area contributed by atoms with Crippen molar-refractivity contribution in [3.8, 4) is 0 Å². The summed E-state index contributed by atoms with van der Waals surface area (Å²) in [7, 11) is -9.90. The number of unbranched alkanes of at least 4 members (excludes halogenated alkanes) is 44. The number of esters is 4. The van der Waals surface area contributed by atoms with Crippen molar-refractivity contribution < 1.29 is 80.2 Å². The third-order valence-electron chi connectivity index (χ3n) is 18.1. The van der Waals surface area contributed by atoms with Crippen molar-refractivity contribution in [2.75, 3.05) is 39.6 Å². The van der Waals surface area contributed by atoms with E-state index >= 15 is 0 Å². The Morgan fingerprint density at radius 1 is 0.305 bits per heavy atom. The molecule has 0 aromatic rings. The molecule has 0 aliphatic carbocycles. The molecule has 0 saturated heterocycles. The lowest BCUT2D eigenvalue weighted by molar-refractivity contribution is -0.161. The molecule has 6 atom stereocenters. The molecule has 19 heteroatoms. The molecular weight excluding hydrogens is 1250 g/mol. The number of hydrogen-bond acceptors (Lipinski definition) is 15. The maximum absolute atomic E-state index is 13.1. The van der Waals surface area contributed by atoms with Gasteiger partial charge in [-0.05, 0) is 37.5 Å². The van der Waals surface area contributed by atoms with Crippen LogP contribution in [-0.2, 0) is 65.4 Å². The number of phosphoric acid groups is 2. The van der Waals surface area contributed by atoms with Crippen LogP contribution in [0.4, 0.5) is 0 Å². The fourth-order valence-electron chi connectivity index (χ4n) is 11.6. The van der Waals surface area contributed by atoms with Crippen LogP contribution in [0.15, 0.2) is 0 Å². The van der Waals surface area contributed by atoms with Crippen LogP contribution >= 0.6 is 15.6 Å². The largest absolute Gasteiger partial charge is 0.472 e. The lowest BCUT2D eigenvalue weighted by atomic mass is 9.99. The molecule has 0 aromatic heterocycles. The first-order valence-electron chi connectivity index (χ1n) is 39.5. The van der Waals surface area contributed by atoms with E-state index in [1.165, 1.54) is 205 Å². The maximum atomic E-state index is 13.1. The normalized spacial score (nSPS) is 14.3. The summed E-state index contributed by atoms with van der Waals surface area (Å²) in [4.78, 5) is 72.6. The molecule has 3 unspecified atom stereocenters. The highest BCUT2D eigenvalue weighted by Crippen LogP contribution is 2.45. The van der Waals surface area contributed by atoms with Crippen molar-refractivity contribution in [2.24, 2.45) is 11.8 Å². The second-order valence-corrected chi connectivity index (χ2v) is 31.0. The zero-order valence-electron chi connectivity index (χ0n) is 62.0. The minimum atomic E-state index is -4.96. The van der Waals surface area contributed by atoms with Crippen molar-refractivity contribution in [3.63, 3.8) is 0 Å². The molecule has 95 heavy (non-hydrogen) atoms. The van der Waals surface area contributed by atoms with Gasteiger partial charge < -0.3 is 33.8 Å². The molecule has 0 amide bonds. The van der Waals surface area contributed by atoms with E-state index < -0.39 is 97.5 Å². The van der Waals surface area contributed by atoms with E-state index in [2.05, 4.69) is 41.5 Å². The summed E-state index contributed by atoms with van der Waals surface area (Å²) in [6, 6.07) is 0. The Balaban J connectivity index is 5.14. The number of hydrogen-bond donors (Lipinski definition) is 3. The van der Waals surface area contributed by atoms with Crippen molar-refractivity contribution in [1.29, 1.82) is 0 Å². The second-order valence-electron chi connectivity index (χ2n) is 28.1. The van der Waals surface area contributed by atoms with Gasteiger partial charge in [-0.25, -0.2) is 9.13 Å². The third kappa shape index (κ3) is 69.0. The van der Waals surface area contributed by atoms with E-state index in [0.717, 1.165) is 108 Å². The van der Waals surface area contributed by atoms with Gasteiger partial charge in [-0.2, -0.15) is 0 Å². The van der Waals surface area contributed by atoms with Crippen LogP contribution in [0.3, 0.4) is 0 Å². The number of rotatable bonds is 75. The highest BCUT2D eigenvalue weighted by molar-refractivity contribution is 7.47. The van der Waals surface area contributed by atoms with Crippen LogP contribution in [0, 0.1) is 11.8 Å². The predicted molar refractivity (Wildman–Crippen MR) is 386 cm³/mol. The standard InChI is InChI=1S/C76H148O17P2/c1-7-10-12-14-15-16-17-18-19-20-26-32-37-42-48-54-60-75(80)92-71(64-86-73(78)58-52-44-13-11-8-2)66-90-94(82,83)88-62-70(77)63-89-95(84,85)91-67-72(65-87-74(79)59-53-47-41-36-31-28-23-24-29-34-39-45-50-56-68(4)5)93-76(81)61-55-49-43-38-33-27-22-21-25-30-35-40-46-51-57-69(6)9-3/h68-72,77H,7-67H2,1-6H3,(H,82,83)(H,84,85)/t69?,70-,71+,72+/m0/s1. The number of carbonyl (C=O) groups excluding carboxylic acids is 4. The first kappa shape index (κ1) is 93.1. The number of carbonyl (C=O) groups is 4. The molecule has 0 bridgehead atoms. The van der Waals surface area contributed by atoms with Gasteiger partial charge in [0.25, 0.3) is 0 Å². The molecule has 0 rings (SSSR count). The van der Waals surface area contributed by atoms with Crippen molar-refractivity contribution in [1.82, 2.24) is 0 Å². The van der Waals surface area contributed by atoms with Gasteiger partial charge in [0.05, 0.1) is 26.4 Å². The number of ether oxygens (including phenoxy) is 4. The second kappa shape index (κ2) is 67.9. The van der Waals surface area contributed by atoms with Crippen molar-refractivity contribution >= 4 is 39.5 Å². The Bertz CT molecular complexity index is 1840. The minimum Gasteiger partial charge on any atom is -0.462 e. The van der Waals surface area contributed by atoms with Gasteiger partial charge in [0.1, 0.15) is 19.3 Å². The molecule has 0 heterocycles. The fourth-order valence-corrected chi connectivity index (χ4v) is 13.2. The monoisotopic (exact) mass is 1400 g/mol. The topological polar surface area (TPSA) is 237 Å². The third-order valence-corrected chi connectivity index (χ3v) is 20.0. The van der Waals surface area contributed by atoms with Gasteiger partial charge in [-0.15, -0.1) is 0 Å². The van der Waals surface area contributed by atoms with E-state index in [4.69, 9.17) is 37.0 Å². The van der Waals surface area contributed by atoms with Crippen LogP contribution in [0.5, 0.6) is 0 Å². The summed E-state index contributed by atoms with van der Waals surface area (Å²) in [6.45, 7) is 9.59. The van der Waals surface area contributed by atoms with E-state index in [0.29, 0.717) is 25.7 Å². The SMILES string of the molecule is CCCCCCCCCCCCCCCCCCC(=O)O[C@H](COC(=O)CCCCCCC)COP(=O)(O)OC[C@H](O)COP(=O)(O)OC[C@@H](COC(=O)CCCCCCCCCCCCCCCC(C)C)OC(=O)CCCCCCCCCCCCCCCCC(C)CC. The molecule has 0 aliphatic heterocycles. The summed E-state index contributed by atoms with van der Waals surface area (Å²) in [5.41, 5.74) is 0. The van der Waals surface area contributed by atoms with E-state index in [-0.39, 0.29) is 25.7 Å². The maximum Gasteiger partial charge on any atom is 0.472 e. The van der Waals surface area contributed by atoms with Gasteiger partial charge >= 0.3 is 39.5 Å². The quantitative estimate of drug-likeness (QED) is 0.0222. The smallest absolute Gasteiger partial charge is 0.462 e. The highest BCUT2D eigenvalue weighted by atomic mass is 31.2. The molecule has 17 nitrogen and oxygen atoms in total. The average Bonchev–Trinajstić information content (AvgIpc) is 3.76. The van der Waals surface area contributed by atoms with Gasteiger partial charge in [-0.3, -0.25) is 37.3 Å². The van der Waals surface area contributed by atoms with E-state index in [1.807, 2.05) is 0 Å². The molecular formula is C76H148O17P2. The lowest BCUT2D eigenvalue weighted by Gasteiger charge is -2.21. The molecule has 0 aromatic carbocycles. The van der Waals surface area contributed by atoms with Gasteiger partial charge in [0, 0.05) is 25.7 Å². The first-order chi connectivity index (χ1) is 45.9. The molecule has 0 radical (unpaired) electrons. The summed E-state index contributed by atoms with van der Waals surface area (Å²) in [6.07, 6.45) is 55.8. The molecule has 3 N–H and O–H groups in total. The summed E-state index contributed by atoms with van der Waals surface area (Å²) in [5, 5.41) is 10.6. The van der Waals surface area contributed by atoms with E-state index in [9.17, 15) is 43.2 Å². The van der Waals surface area contributed by atoms with Crippen LogP contribution < -0.4 is 0 Å². The molecule has 0 saturated carbocycles. The summed E-state index contributed by atoms with van der Waals surface area (Å²) < 4.78 is 68.3. The van der Waals surface area contributed by atoms with Gasteiger partial charge in [0.15, 0.2) is 12.2 Å². The zero-order chi connectivity index (χ0) is 70.0. The Morgan fingerprint density at radius 3 is 0.800 bits per heavy atom. The summed E-state index contributed by atoms with van der Waals surface area (Å²) >= 11 is 0. The Labute approximate surface area is 581 Å².